The van der Waals surface area contributed by atoms with E-state index in [1.54, 1.807) is 0 Å². The molecule has 3 aromatic heterocycles. The summed E-state index contributed by atoms with van der Waals surface area (Å²) in [5.41, 5.74) is 5.88. The molecule has 5 aromatic carbocycles. The zero-order chi connectivity index (χ0) is 31.9. The van der Waals surface area contributed by atoms with Gasteiger partial charge in [0.25, 0.3) is 0 Å². The van der Waals surface area contributed by atoms with Crippen molar-refractivity contribution in [3.05, 3.63) is 109 Å². The quantitative estimate of drug-likeness (QED) is 0.183. The van der Waals surface area contributed by atoms with Gasteiger partial charge in [-0.1, -0.05) is 78.9 Å². The summed E-state index contributed by atoms with van der Waals surface area (Å²) in [6, 6.07) is 36.2. The summed E-state index contributed by atoms with van der Waals surface area (Å²) in [6.45, 7) is 8.25. The topological polar surface area (TPSA) is 83.4 Å². The molecule has 0 unspecified atom stereocenters. The molecule has 1 aliphatic rings. The Morgan fingerprint density at radius 1 is 0.489 bits per heavy atom. The average molecular weight is 615 g/mol. The van der Waals surface area contributed by atoms with E-state index in [0.29, 0.717) is 17.5 Å². The highest BCUT2D eigenvalue weighted by atomic mass is 16.7. The van der Waals surface area contributed by atoms with E-state index in [1.807, 2.05) is 91.0 Å². The average Bonchev–Trinajstić information content (AvgIpc) is 3.72. The molecule has 0 N–H and O–H groups in total. The Hall–Kier alpha value is -5.31. The van der Waals surface area contributed by atoms with Crippen LogP contribution >= 0.6 is 0 Å². The fourth-order valence-corrected chi connectivity index (χ4v) is 6.36. The van der Waals surface area contributed by atoms with Crippen LogP contribution in [-0.4, -0.2) is 33.3 Å². The molecule has 0 radical (unpaired) electrons. The first-order chi connectivity index (χ1) is 22.7. The Balaban J connectivity index is 1.18. The summed E-state index contributed by atoms with van der Waals surface area (Å²) in [4.78, 5) is 15.0. The van der Waals surface area contributed by atoms with Crippen molar-refractivity contribution in [3.63, 3.8) is 0 Å². The monoisotopic (exact) mass is 615 g/mol. The van der Waals surface area contributed by atoms with Crippen LogP contribution in [0.25, 0.3) is 78.0 Å². The SMILES string of the molecule is CC1(C)OB(c2ccc3oc4cc(-c5nc(-c6ccccc6)nc(-c6cccc7oc8ccccc8c67)n5)ccc4c3c2)OC1(C)C. The van der Waals surface area contributed by atoms with E-state index in [2.05, 4.69) is 45.9 Å². The van der Waals surface area contributed by atoms with Gasteiger partial charge in [0.2, 0.25) is 0 Å². The number of hydrogen-bond donors (Lipinski definition) is 0. The molecule has 1 aliphatic heterocycles. The van der Waals surface area contributed by atoms with Gasteiger partial charge in [-0.05, 0) is 63.5 Å². The van der Waals surface area contributed by atoms with E-state index in [4.69, 9.17) is 33.1 Å². The van der Waals surface area contributed by atoms with Gasteiger partial charge in [-0.2, -0.15) is 0 Å². The number of para-hydroxylation sites is 1. The van der Waals surface area contributed by atoms with Crippen molar-refractivity contribution in [2.24, 2.45) is 0 Å². The largest absolute Gasteiger partial charge is 0.494 e. The van der Waals surface area contributed by atoms with Crippen LogP contribution in [0.5, 0.6) is 0 Å². The van der Waals surface area contributed by atoms with E-state index in [1.165, 1.54) is 0 Å². The van der Waals surface area contributed by atoms with Crippen LogP contribution in [0.2, 0.25) is 0 Å². The highest BCUT2D eigenvalue weighted by molar-refractivity contribution is 6.62. The van der Waals surface area contributed by atoms with Gasteiger partial charge in [0.1, 0.15) is 22.3 Å². The molecule has 8 heteroatoms. The number of nitrogens with zero attached hydrogens (tertiary/aromatic N) is 3. The number of rotatable bonds is 4. The maximum absolute atomic E-state index is 6.37. The first-order valence-corrected chi connectivity index (χ1v) is 15.8. The minimum absolute atomic E-state index is 0.418. The molecule has 1 fully saturated rings. The van der Waals surface area contributed by atoms with Crippen molar-refractivity contribution >= 4 is 56.5 Å². The number of benzene rings is 5. The smallest absolute Gasteiger partial charge is 0.456 e. The van der Waals surface area contributed by atoms with Crippen LogP contribution in [0.4, 0.5) is 0 Å². The van der Waals surface area contributed by atoms with Gasteiger partial charge in [0.05, 0.1) is 11.2 Å². The van der Waals surface area contributed by atoms with Gasteiger partial charge in [-0.3, -0.25) is 0 Å². The summed E-state index contributed by atoms with van der Waals surface area (Å²) in [5, 5.41) is 3.99. The van der Waals surface area contributed by atoms with Gasteiger partial charge in [-0.25, -0.2) is 15.0 Å². The summed E-state index contributed by atoms with van der Waals surface area (Å²) in [5.74, 6) is 1.72. The van der Waals surface area contributed by atoms with E-state index in [9.17, 15) is 0 Å². The number of aromatic nitrogens is 3. The molecule has 7 nitrogen and oxygen atoms in total. The summed E-state index contributed by atoms with van der Waals surface area (Å²) in [7, 11) is -0.453. The Morgan fingerprint density at radius 3 is 1.96 bits per heavy atom. The van der Waals surface area contributed by atoms with E-state index < -0.39 is 18.3 Å². The van der Waals surface area contributed by atoms with Crippen molar-refractivity contribution in [1.82, 2.24) is 15.0 Å². The maximum atomic E-state index is 6.37. The number of furan rings is 2. The molecule has 9 rings (SSSR count). The molecule has 228 valence electrons. The minimum atomic E-state index is -0.453. The summed E-state index contributed by atoms with van der Waals surface area (Å²) in [6.07, 6.45) is 0. The minimum Gasteiger partial charge on any atom is -0.456 e. The molecular weight excluding hydrogens is 585 g/mol. The molecule has 0 bridgehead atoms. The molecular formula is C39H30BN3O4. The predicted molar refractivity (Wildman–Crippen MR) is 186 cm³/mol. The molecule has 47 heavy (non-hydrogen) atoms. The third-order valence-electron chi connectivity index (χ3n) is 9.59. The van der Waals surface area contributed by atoms with Crippen LogP contribution in [0.15, 0.2) is 118 Å². The fourth-order valence-electron chi connectivity index (χ4n) is 6.36. The van der Waals surface area contributed by atoms with Crippen molar-refractivity contribution < 1.29 is 18.1 Å². The first kappa shape index (κ1) is 28.0. The van der Waals surface area contributed by atoms with E-state index in [0.717, 1.165) is 66.0 Å². The molecule has 0 amide bonds. The second-order valence-electron chi connectivity index (χ2n) is 13.1. The lowest BCUT2D eigenvalue weighted by Crippen LogP contribution is -2.41. The second-order valence-corrected chi connectivity index (χ2v) is 13.1. The van der Waals surface area contributed by atoms with Gasteiger partial charge < -0.3 is 18.1 Å². The van der Waals surface area contributed by atoms with Crippen LogP contribution < -0.4 is 5.46 Å². The molecule has 0 atom stereocenters. The van der Waals surface area contributed by atoms with Gasteiger partial charge in [0.15, 0.2) is 17.5 Å². The Morgan fingerprint density at radius 2 is 1.15 bits per heavy atom. The predicted octanol–water partition coefficient (Wildman–Crippen LogP) is 8.97. The second kappa shape index (κ2) is 10.1. The number of fused-ring (bicyclic) bond motifs is 6. The van der Waals surface area contributed by atoms with Crippen molar-refractivity contribution in [2.75, 3.05) is 0 Å². The summed E-state index contributed by atoms with van der Waals surface area (Å²) < 4.78 is 25.2. The van der Waals surface area contributed by atoms with Crippen LogP contribution in [0.3, 0.4) is 0 Å². The van der Waals surface area contributed by atoms with Gasteiger partial charge in [0, 0.05) is 38.2 Å². The zero-order valence-electron chi connectivity index (χ0n) is 26.4. The molecule has 8 aromatic rings. The lowest BCUT2D eigenvalue weighted by atomic mass is 9.78. The van der Waals surface area contributed by atoms with Crippen LogP contribution in [0.1, 0.15) is 27.7 Å². The highest BCUT2D eigenvalue weighted by Gasteiger charge is 2.51. The maximum Gasteiger partial charge on any atom is 0.494 e. The van der Waals surface area contributed by atoms with Crippen molar-refractivity contribution in [3.8, 4) is 34.2 Å². The Labute approximate surface area is 271 Å². The standard InChI is InChI=1S/C39H30BN3O4/c1-38(2)39(3,4)47-40(46-38)25-18-20-31-29(22-25)26-19-17-24(21-33(26)45-31)36-41-35(23-11-6-5-7-12-23)42-37(43-36)28-14-10-16-32-34(28)27-13-8-9-15-30(27)44-32/h5-22H,1-4H3. The highest BCUT2D eigenvalue weighted by Crippen LogP contribution is 2.39. The van der Waals surface area contributed by atoms with E-state index in [-0.39, 0.29) is 0 Å². The molecule has 0 aliphatic carbocycles. The fraction of sp³-hybridized carbons (Fsp3) is 0.154. The first-order valence-electron chi connectivity index (χ1n) is 15.8. The molecule has 1 saturated heterocycles. The summed E-state index contributed by atoms with van der Waals surface area (Å²) >= 11 is 0. The van der Waals surface area contributed by atoms with E-state index >= 15 is 0 Å². The molecule has 4 heterocycles. The van der Waals surface area contributed by atoms with Gasteiger partial charge >= 0.3 is 7.12 Å². The van der Waals surface area contributed by atoms with Crippen LogP contribution in [-0.2, 0) is 9.31 Å². The number of hydrogen-bond acceptors (Lipinski definition) is 7. The molecule has 0 saturated carbocycles. The lowest BCUT2D eigenvalue weighted by Gasteiger charge is -2.32. The van der Waals surface area contributed by atoms with Crippen molar-refractivity contribution in [1.29, 1.82) is 0 Å². The molecule has 0 spiro atoms. The third kappa shape index (κ3) is 4.47. The van der Waals surface area contributed by atoms with Gasteiger partial charge in [-0.15, -0.1) is 0 Å². The zero-order valence-corrected chi connectivity index (χ0v) is 26.4. The van der Waals surface area contributed by atoms with Crippen molar-refractivity contribution in [2.45, 2.75) is 38.9 Å². The Bertz CT molecular complexity index is 2480. The van der Waals surface area contributed by atoms with Crippen LogP contribution in [0, 0.1) is 0 Å². The normalized spacial score (nSPS) is 15.8. The lowest BCUT2D eigenvalue weighted by molar-refractivity contribution is 0.00578. The third-order valence-corrected chi connectivity index (χ3v) is 9.59. The Kier molecular flexibility index (Phi) is 6.01.